The lowest BCUT2D eigenvalue weighted by Crippen LogP contribution is -2.01. The lowest BCUT2D eigenvalue weighted by Gasteiger charge is -1.98. The second kappa shape index (κ2) is 13.7. The van der Waals surface area contributed by atoms with Crippen LogP contribution in [0.1, 0.15) is 6.92 Å². The van der Waals surface area contributed by atoms with Crippen molar-refractivity contribution in [2.75, 3.05) is 6.61 Å². The Morgan fingerprint density at radius 3 is 1.32 bits per heavy atom. The van der Waals surface area contributed by atoms with E-state index in [0.717, 1.165) is 0 Å². The molecule has 0 saturated heterocycles. The number of carbonyl (C=O) groups excluding carboxylic acids is 1. The molecule has 0 aliphatic carbocycles. The molecular formula is C22H23O2P. The van der Waals surface area contributed by atoms with Crippen LogP contribution in [-0.2, 0) is 9.53 Å². The van der Waals surface area contributed by atoms with Crippen LogP contribution in [0.2, 0.25) is 0 Å². The van der Waals surface area contributed by atoms with E-state index in [1.165, 1.54) is 16.9 Å². The molecule has 25 heavy (non-hydrogen) atoms. The summed E-state index contributed by atoms with van der Waals surface area (Å²) in [5, 5.41) is 0. The van der Waals surface area contributed by atoms with Crippen LogP contribution in [-0.4, -0.2) is 18.4 Å². The highest BCUT2D eigenvalue weighted by Crippen LogP contribution is 2.17. The average Bonchev–Trinajstić information content (AvgIpc) is 2.72. The number of hydrogen-bond donors (Lipinski definition) is 0. The van der Waals surface area contributed by atoms with Gasteiger partial charge in [0.1, 0.15) is 0 Å². The first kappa shape index (κ1) is 20.3. The van der Waals surface area contributed by atoms with Crippen molar-refractivity contribution in [3.63, 3.8) is 0 Å². The Labute approximate surface area is 152 Å². The van der Waals surface area contributed by atoms with Crippen molar-refractivity contribution in [2.24, 2.45) is 0 Å². The van der Waals surface area contributed by atoms with Gasteiger partial charge < -0.3 is 4.74 Å². The van der Waals surface area contributed by atoms with E-state index < -0.39 is 0 Å². The van der Waals surface area contributed by atoms with Gasteiger partial charge in [0.25, 0.3) is 0 Å². The molecule has 3 heteroatoms. The van der Waals surface area contributed by atoms with Crippen molar-refractivity contribution in [1.82, 2.24) is 0 Å². The summed E-state index contributed by atoms with van der Waals surface area (Å²) in [5.41, 5.74) is 2.55. The molecule has 0 aromatic heterocycles. The largest absolute Gasteiger partial charge is 0.463 e. The maximum atomic E-state index is 10.1. The van der Waals surface area contributed by atoms with E-state index in [1.54, 1.807) is 6.92 Å². The van der Waals surface area contributed by atoms with Crippen LogP contribution in [0, 0.1) is 0 Å². The molecular weight excluding hydrogens is 327 g/mol. The minimum Gasteiger partial charge on any atom is -0.463 e. The zero-order valence-corrected chi connectivity index (χ0v) is 15.3. The summed E-state index contributed by atoms with van der Waals surface area (Å²) in [5.74, 6) is 0.864. The van der Waals surface area contributed by atoms with Crippen LogP contribution >= 0.6 is 8.86 Å². The molecule has 0 aliphatic rings. The third-order valence-electron chi connectivity index (χ3n) is 2.95. The third kappa shape index (κ3) is 9.91. The molecule has 3 aromatic rings. The van der Waals surface area contributed by atoms with Gasteiger partial charge in [0.2, 0.25) is 0 Å². The van der Waals surface area contributed by atoms with E-state index in [0.29, 0.717) is 6.61 Å². The third-order valence-corrected chi connectivity index (χ3v) is 3.19. The van der Waals surface area contributed by atoms with Crippen molar-refractivity contribution in [1.29, 1.82) is 0 Å². The Morgan fingerprint density at radius 2 is 1.08 bits per heavy atom. The zero-order valence-electron chi connectivity index (χ0n) is 14.3. The predicted molar refractivity (Wildman–Crippen MR) is 109 cm³/mol. The average molecular weight is 350 g/mol. The SMILES string of the molecule is CCOC(=O)C=P.c1ccc(-c2ccccc2)cc1.c1ccccc1. The van der Waals surface area contributed by atoms with Gasteiger partial charge in [0.05, 0.1) is 6.61 Å². The monoisotopic (exact) mass is 350 g/mol. The van der Waals surface area contributed by atoms with Gasteiger partial charge in [-0.05, 0) is 18.1 Å². The summed E-state index contributed by atoms with van der Waals surface area (Å²) >= 11 is 0. The molecule has 0 amide bonds. The Hall–Kier alpha value is -2.70. The van der Waals surface area contributed by atoms with Gasteiger partial charge in [-0.25, -0.2) is 4.79 Å². The Balaban J connectivity index is 0.000000206. The zero-order chi connectivity index (χ0) is 18.2. The molecule has 128 valence electrons. The first-order valence-corrected chi connectivity index (χ1v) is 8.63. The fourth-order valence-corrected chi connectivity index (χ4v) is 1.91. The lowest BCUT2D eigenvalue weighted by atomic mass is 10.1. The van der Waals surface area contributed by atoms with Crippen LogP contribution < -0.4 is 0 Å². The molecule has 3 aromatic carbocycles. The Morgan fingerprint density at radius 1 is 0.760 bits per heavy atom. The molecule has 0 aliphatic heterocycles. The van der Waals surface area contributed by atoms with Crippen molar-refractivity contribution in [3.05, 3.63) is 97.1 Å². The van der Waals surface area contributed by atoms with Crippen LogP contribution in [0.25, 0.3) is 11.1 Å². The van der Waals surface area contributed by atoms with Gasteiger partial charge in [-0.1, -0.05) is 97.1 Å². The topological polar surface area (TPSA) is 26.3 Å². The number of ether oxygens (including phenoxy) is 1. The predicted octanol–water partition coefficient (Wildman–Crippen LogP) is 5.53. The first-order chi connectivity index (χ1) is 12.3. The molecule has 0 bridgehead atoms. The Kier molecular flexibility index (Phi) is 11.2. The van der Waals surface area contributed by atoms with E-state index >= 15 is 0 Å². The standard InChI is InChI=1S/C12H10.C6H6.C4H7O2P/c1-3-7-11(8-4-1)12-9-5-2-6-10-12;1-2-4-6-5-3-1;1-2-6-4(5)3-7/h1-10H;1-6H;3,7H,2H2,1H3. The highest BCUT2D eigenvalue weighted by atomic mass is 31.0. The van der Waals surface area contributed by atoms with Gasteiger partial charge in [0, 0.05) is 5.80 Å². The molecule has 0 saturated carbocycles. The highest BCUT2D eigenvalue weighted by molar-refractivity contribution is 7.21. The minimum atomic E-state index is -0.334. The fourth-order valence-electron chi connectivity index (χ4n) is 1.83. The smallest absolute Gasteiger partial charge is 0.334 e. The van der Waals surface area contributed by atoms with Gasteiger partial charge >= 0.3 is 5.97 Å². The number of rotatable bonds is 3. The van der Waals surface area contributed by atoms with Gasteiger partial charge in [-0.15, -0.1) is 8.86 Å². The maximum absolute atomic E-state index is 10.1. The summed E-state index contributed by atoms with van der Waals surface area (Å²) in [6.07, 6.45) is 0. The van der Waals surface area contributed by atoms with Gasteiger partial charge in [-0.3, -0.25) is 0 Å². The van der Waals surface area contributed by atoms with E-state index in [2.05, 4.69) is 62.1 Å². The second-order valence-corrected chi connectivity index (χ2v) is 5.07. The second-order valence-electron chi connectivity index (χ2n) is 4.78. The number of hydrogen-bond acceptors (Lipinski definition) is 2. The molecule has 0 N–H and O–H groups in total. The molecule has 0 fully saturated rings. The quantitative estimate of drug-likeness (QED) is 0.458. The molecule has 3 rings (SSSR count). The molecule has 0 heterocycles. The summed E-state index contributed by atoms with van der Waals surface area (Å²) in [7, 11) is 2.86. The lowest BCUT2D eigenvalue weighted by molar-refractivity contribution is -0.134. The van der Waals surface area contributed by atoms with Crippen LogP contribution in [0.4, 0.5) is 0 Å². The minimum absolute atomic E-state index is 0.334. The van der Waals surface area contributed by atoms with E-state index in [1.807, 2.05) is 48.5 Å². The highest BCUT2D eigenvalue weighted by Gasteiger charge is 1.91. The molecule has 0 radical (unpaired) electrons. The van der Waals surface area contributed by atoms with E-state index in [4.69, 9.17) is 0 Å². The fraction of sp³-hybridized carbons (Fsp3) is 0.0909. The Bertz CT molecular complexity index is 634. The summed E-state index contributed by atoms with van der Waals surface area (Å²) in [6, 6.07) is 32.8. The maximum Gasteiger partial charge on any atom is 0.334 e. The summed E-state index contributed by atoms with van der Waals surface area (Å²) in [6.45, 7) is 2.19. The van der Waals surface area contributed by atoms with Crippen molar-refractivity contribution in [3.8, 4) is 11.1 Å². The molecule has 0 unspecified atom stereocenters. The normalized spacial score (nSPS) is 8.68. The van der Waals surface area contributed by atoms with Crippen LogP contribution in [0.3, 0.4) is 0 Å². The van der Waals surface area contributed by atoms with Crippen molar-refractivity contribution >= 4 is 20.6 Å². The number of esters is 1. The van der Waals surface area contributed by atoms with Crippen molar-refractivity contribution < 1.29 is 9.53 Å². The number of benzene rings is 3. The molecule has 0 spiro atoms. The molecule has 2 nitrogen and oxygen atoms in total. The molecule has 0 atom stereocenters. The first-order valence-electron chi connectivity index (χ1n) is 8.05. The van der Waals surface area contributed by atoms with E-state index in [-0.39, 0.29) is 5.97 Å². The van der Waals surface area contributed by atoms with E-state index in [9.17, 15) is 4.79 Å². The summed E-state index contributed by atoms with van der Waals surface area (Å²) in [4.78, 5) is 10.1. The number of carbonyl (C=O) groups is 1. The van der Waals surface area contributed by atoms with Crippen molar-refractivity contribution in [2.45, 2.75) is 6.92 Å². The van der Waals surface area contributed by atoms with Crippen LogP contribution in [0.15, 0.2) is 97.1 Å². The van der Waals surface area contributed by atoms with Gasteiger partial charge in [-0.2, -0.15) is 0 Å². The summed E-state index contributed by atoms with van der Waals surface area (Å²) < 4.78 is 4.45. The van der Waals surface area contributed by atoms with Crippen LogP contribution in [0.5, 0.6) is 0 Å². The van der Waals surface area contributed by atoms with Gasteiger partial charge in [0.15, 0.2) is 0 Å².